The quantitative estimate of drug-likeness (QED) is 0.575. The lowest BCUT2D eigenvalue weighted by molar-refractivity contribution is 0.140. The van der Waals surface area contributed by atoms with Crippen LogP contribution in [0, 0.1) is 0 Å². The number of hydrogen-bond acceptors (Lipinski definition) is 1. The van der Waals surface area contributed by atoms with E-state index < -0.39 is 8.15 Å². The number of rotatable bonds is 1. The van der Waals surface area contributed by atoms with Gasteiger partial charge in [-0.15, -0.1) is 0 Å². The minimum absolute atomic E-state index is 0.0355. The third-order valence-electron chi connectivity index (χ3n) is 1.58. The lowest BCUT2D eigenvalue weighted by atomic mass is 10.2. The first-order valence-corrected chi connectivity index (χ1v) is 6.59. The molecular weight excluding hydrogens is 191 g/mol. The van der Waals surface area contributed by atoms with Crippen LogP contribution in [0.25, 0.3) is 0 Å². The van der Waals surface area contributed by atoms with E-state index in [0.29, 0.717) is 0 Å². The van der Waals surface area contributed by atoms with Crippen molar-refractivity contribution < 1.29 is 4.52 Å². The monoisotopic (exact) mass is 218 g/mol. The highest BCUT2D eigenvalue weighted by atomic mass is 31.1. The van der Waals surface area contributed by atoms with Crippen LogP contribution >= 0.6 is 8.15 Å². The summed E-state index contributed by atoms with van der Waals surface area (Å²) < 4.78 is 6.23. The average Bonchev–Trinajstić information content (AvgIpc) is 1.75. The molecule has 0 aliphatic heterocycles. The van der Waals surface area contributed by atoms with Crippen LogP contribution in [0.5, 0.6) is 0 Å². The van der Waals surface area contributed by atoms with Crippen molar-refractivity contribution in [3.63, 3.8) is 0 Å². The fourth-order valence-corrected chi connectivity index (χ4v) is 4.66. The molecule has 0 radical (unpaired) electrons. The van der Waals surface area contributed by atoms with Gasteiger partial charge in [-0.05, 0) is 20.8 Å². The Bertz CT molecular complexity index is 164. The smallest absolute Gasteiger partial charge is 0.0641 e. The summed E-state index contributed by atoms with van der Waals surface area (Å²) in [5.74, 6) is 0. The minimum atomic E-state index is -0.431. The Morgan fingerprint density at radius 1 is 0.643 bits per heavy atom. The van der Waals surface area contributed by atoms with Gasteiger partial charge < -0.3 is 4.52 Å². The summed E-state index contributed by atoms with van der Waals surface area (Å²) in [6, 6.07) is 0. The Labute approximate surface area is 91.5 Å². The summed E-state index contributed by atoms with van der Waals surface area (Å²) in [7, 11) is -0.431. The van der Waals surface area contributed by atoms with Gasteiger partial charge in [0.2, 0.25) is 0 Å². The van der Waals surface area contributed by atoms with Crippen LogP contribution < -0.4 is 0 Å². The van der Waals surface area contributed by atoms with E-state index in [-0.39, 0.29) is 15.9 Å². The molecule has 0 bridgehead atoms. The van der Waals surface area contributed by atoms with Crippen LogP contribution in [-0.2, 0) is 4.52 Å². The van der Waals surface area contributed by atoms with Gasteiger partial charge in [0, 0.05) is 18.5 Å². The first-order chi connectivity index (χ1) is 5.84. The fourth-order valence-electron chi connectivity index (χ4n) is 1.55. The summed E-state index contributed by atoms with van der Waals surface area (Å²) >= 11 is 0. The molecule has 1 nitrogen and oxygen atoms in total. The molecule has 0 heterocycles. The zero-order valence-corrected chi connectivity index (χ0v) is 12.2. The summed E-state index contributed by atoms with van der Waals surface area (Å²) in [4.78, 5) is 0. The van der Waals surface area contributed by atoms with Crippen molar-refractivity contribution in [2.75, 3.05) is 0 Å². The van der Waals surface area contributed by atoms with E-state index in [1.165, 1.54) is 0 Å². The fraction of sp³-hybridized carbons (Fsp3) is 1.00. The van der Waals surface area contributed by atoms with Gasteiger partial charge in [0.1, 0.15) is 0 Å². The van der Waals surface area contributed by atoms with E-state index >= 15 is 0 Å². The van der Waals surface area contributed by atoms with Crippen molar-refractivity contribution in [3.8, 4) is 0 Å². The van der Waals surface area contributed by atoms with E-state index in [0.717, 1.165) is 0 Å². The van der Waals surface area contributed by atoms with Crippen molar-refractivity contribution in [2.24, 2.45) is 0 Å². The molecule has 0 saturated heterocycles. The van der Waals surface area contributed by atoms with E-state index in [4.69, 9.17) is 4.52 Å². The molecule has 86 valence electrons. The van der Waals surface area contributed by atoms with Crippen molar-refractivity contribution in [3.05, 3.63) is 0 Å². The Morgan fingerprint density at radius 2 is 0.929 bits per heavy atom. The maximum absolute atomic E-state index is 6.23. The third-order valence-corrected chi connectivity index (χ3v) is 4.75. The molecule has 0 aromatic heterocycles. The molecule has 0 amide bonds. The second-order valence-electron chi connectivity index (χ2n) is 6.84. The molecule has 0 rings (SSSR count). The lowest BCUT2D eigenvalue weighted by Gasteiger charge is -2.43. The zero-order valence-electron chi connectivity index (χ0n) is 11.4. The lowest BCUT2D eigenvalue weighted by Crippen LogP contribution is -2.31. The average molecular weight is 218 g/mol. The van der Waals surface area contributed by atoms with Crippen molar-refractivity contribution >= 4 is 8.15 Å². The van der Waals surface area contributed by atoms with E-state index in [2.05, 4.69) is 62.3 Å². The van der Waals surface area contributed by atoms with Crippen LogP contribution in [0.4, 0.5) is 0 Å². The predicted molar refractivity (Wildman–Crippen MR) is 67.3 cm³/mol. The van der Waals surface area contributed by atoms with Crippen molar-refractivity contribution in [2.45, 2.75) is 78.2 Å². The molecular formula is C12H27OP. The molecule has 0 atom stereocenters. The molecule has 0 aliphatic rings. The highest BCUT2D eigenvalue weighted by Gasteiger charge is 2.38. The highest BCUT2D eigenvalue weighted by Crippen LogP contribution is 2.61. The topological polar surface area (TPSA) is 9.23 Å². The Kier molecular flexibility index (Phi) is 4.21. The summed E-state index contributed by atoms with van der Waals surface area (Å²) in [5.41, 5.74) is -0.0355. The maximum atomic E-state index is 6.23. The molecule has 2 heteroatoms. The molecule has 0 spiro atoms. The largest absolute Gasteiger partial charge is 0.353 e. The van der Waals surface area contributed by atoms with E-state index in [1.807, 2.05) is 0 Å². The number of hydrogen-bond donors (Lipinski definition) is 0. The van der Waals surface area contributed by atoms with Gasteiger partial charge in [-0.3, -0.25) is 0 Å². The molecule has 0 aliphatic carbocycles. The first kappa shape index (κ1) is 14.4. The van der Waals surface area contributed by atoms with Crippen LogP contribution in [0.1, 0.15) is 62.3 Å². The van der Waals surface area contributed by atoms with Crippen LogP contribution in [0.15, 0.2) is 0 Å². The summed E-state index contributed by atoms with van der Waals surface area (Å²) in [6.45, 7) is 20.1. The van der Waals surface area contributed by atoms with Gasteiger partial charge >= 0.3 is 0 Å². The zero-order chi connectivity index (χ0) is 11.8. The Morgan fingerprint density at radius 3 is 1.00 bits per heavy atom. The van der Waals surface area contributed by atoms with Crippen LogP contribution in [0.3, 0.4) is 0 Å². The van der Waals surface area contributed by atoms with Gasteiger partial charge in [-0.2, -0.15) is 0 Å². The molecule has 0 N–H and O–H groups in total. The van der Waals surface area contributed by atoms with Crippen molar-refractivity contribution in [1.29, 1.82) is 0 Å². The normalized spacial score (nSPS) is 15.0. The molecule has 0 unspecified atom stereocenters. The Hall–Kier alpha value is 0.390. The van der Waals surface area contributed by atoms with Gasteiger partial charge in [0.25, 0.3) is 0 Å². The third kappa shape index (κ3) is 5.32. The summed E-state index contributed by atoms with van der Waals surface area (Å²) in [6.07, 6.45) is 0. The molecule has 0 aromatic rings. The summed E-state index contributed by atoms with van der Waals surface area (Å²) in [5, 5.41) is 0.502. The standard InChI is InChI=1S/C12H27OP/c1-10(2,3)13-14(11(4,5)6)12(7,8)9/h1-9H3. The van der Waals surface area contributed by atoms with E-state index in [9.17, 15) is 0 Å². The van der Waals surface area contributed by atoms with Gasteiger partial charge in [0.05, 0.1) is 5.60 Å². The van der Waals surface area contributed by atoms with Gasteiger partial charge in [-0.1, -0.05) is 41.5 Å². The van der Waals surface area contributed by atoms with Crippen LogP contribution in [-0.4, -0.2) is 15.9 Å². The predicted octanol–water partition coefficient (Wildman–Crippen LogP) is 4.80. The van der Waals surface area contributed by atoms with Gasteiger partial charge in [-0.25, -0.2) is 0 Å². The molecule has 14 heavy (non-hydrogen) atoms. The first-order valence-electron chi connectivity index (χ1n) is 5.33. The van der Waals surface area contributed by atoms with Gasteiger partial charge in [0.15, 0.2) is 0 Å². The molecule has 0 fully saturated rings. The second-order valence-corrected chi connectivity index (χ2v) is 10.3. The SMILES string of the molecule is CC(C)(C)OP(C(C)(C)C)C(C)(C)C. The Balaban J connectivity index is 4.78. The maximum Gasteiger partial charge on any atom is 0.0641 e. The van der Waals surface area contributed by atoms with Crippen molar-refractivity contribution in [1.82, 2.24) is 0 Å². The second kappa shape index (κ2) is 4.10. The van der Waals surface area contributed by atoms with E-state index in [1.54, 1.807) is 0 Å². The highest BCUT2D eigenvalue weighted by molar-refractivity contribution is 7.55. The molecule has 0 aromatic carbocycles. The van der Waals surface area contributed by atoms with Crippen LogP contribution in [0.2, 0.25) is 0 Å². The molecule has 0 saturated carbocycles. The minimum Gasteiger partial charge on any atom is -0.353 e.